The molecule has 3 rings (SSSR count). The van der Waals surface area contributed by atoms with Gasteiger partial charge < -0.3 is 4.90 Å². The fraction of sp³-hybridized carbons (Fsp3) is 0.647. The highest BCUT2D eigenvalue weighted by molar-refractivity contribution is 5.28. The molecule has 2 aliphatic rings. The molecule has 0 radical (unpaired) electrons. The minimum absolute atomic E-state index is 0.966. The molecule has 1 fully saturated rings. The number of hydrogen-bond donors (Lipinski definition) is 0. The van der Waals surface area contributed by atoms with E-state index in [0.717, 1.165) is 5.92 Å². The molecule has 2 heterocycles. The Balaban J connectivity index is 1.47. The van der Waals surface area contributed by atoms with Crippen LogP contribution in [0.3, 0.4) is 0 Å². The van der Waals surface area contributed by atoms with Crippen LogP contribution in [0.15, 0.2) is 24.3 Å². The predicted octanol–water partition coefficient (Wildman–Crippen LogP) is 2.78. The summed E-state index contributed by atoms with van der Waals surface area (Å²) in [6, 6.07) is 8.95. The monoisotopic (exact) mass is 258 g/mol. The first-order valence-corrected chi connectivity index (χ1v) is 7.79. The normalized spacial score (nSPS) is 22.4. The van der Waals surface area contributed by atoms with Gasteiger partial charge in [-0.25, -0.2) is 0 Å². The van der Waals surface area contributed by atoms with Gasteiger partial charge in [-0.05, 0) is 69.4 Å². The summed E-state index contributed by atoms with van der Waals surface area (Å²) in [4.78, 5) is 5.12. The molecule has 0 aliphatic carbocycles. The lowest BCUT2D eigenvalue weighted by atomic mass is 9.93. The highest BCUT2D eigenvalue weighted by atomic mass is 15.1. The van der Waals surface area contributed by atoms with Gasteiger partial charge in [0.2, 0.25) is 0 Å². The molecule has 0 bridgehead atoms. The van der Waals surface area contributed by atoms with Crippen molar-refractivity contribution >= 4 is 0 Å². The molecule has 1 aromatic carbocycles. The summed E-state index contributed by atoms with van der Waals surface area (Å²) < 4.78 is 0. The number of nitrogens with zero attached hydrogens (tertiary/aromatic N) is 2. The van der Waals surface area contributed by atoms with E-state index >= 15 is 0 Å². The molecular weight excluding hydrogens is 232 g/mol. The molecule has 0 unspecified atom stereocenters. The number of hydrogen-bond acceptors (Lipinski definition) is 2. The zero-order chi connectivity index (χ0) is 13.1. The van der Waals surface area contributed by atoms with Crippen molar-refractivity contribution in [3.05, 3.63) is 35.4 Å². The van der Waals surface area contributed by atoms with Gasteiger partial charge in [0.25, 0.3) is 0 Å². The van der Waals surface area contributed by atoms with Gasteiger partial charge in [0.15, 0.2) is 0 Å². The van der Waals surface area contributed by atoms with Crippen molar-refractivity contribution in [3.8, 4) is 0 Å². The molecule has 0 aromatic heterocycles. The fourth-order valence-electron chi connectivity index (χ4n) is 3.46. The summed E-state index contributed by atoms with van der Waals surface area (Å²) in [5.41, 5.74) is 3.12. The molecule has 2 nitrogen and oxygen atoms in total. The number of fused-ring (bicyclic) bond motifs is 1. The highest BCUT2D eigenvalue weighted by Gasteiger charge is 2.19. The molecule has 0 saturated carbocycles. The Morgan fingerprint density at radius 1 is 1.05 bits per heavy atom. The SMILES string of the molecule is CN1CCC(CCN2CCc3ccccc3C2)CC1. The standard InChI is InChI=1S/C17H26N2/c1-18-10-6-15(7-11-18)8-12-19-13-9-16-4-2-3-5-17(16)14-19/h2-5,15H,6-14H2,1H3. The zero-order valence-corrected chi connectivity index (χ0v) is 12.1. The lowest BCUT2D eigenvalue weighted by Gasteiger charge is -2.32. The molecule has 0 atom stereocenters. The van der Waals surface area contributed by atoms with Gasteiger partial charge in [-0.3, -0.25) is 4.90 Å². The predicted molar refractivity (Wildman–Crippen MR) is 80.3 cm³/mol. The van der Waals surface area contributed by atoms with Crippen LogP contribution >= 0.6 is 0 Å². The molecule has 2 aliphatic heterocycles. The van der Waals surface area contributed by atoms with Crippen LogP contribution in [-0.2, 0) is 13.0 Å². The maximum atomic E-state index is 2.65. The number of rotatable bonds is 3. The van der Waals surface area contributed by atoms with Crippen LogP contribution < -0.4 is 0 Å². The van der Waals surface area contributed by atoms with Crippen molar-refractivity contribution in [1.29, 1.82) is 0 Å². The number of benzene rings is 1. The summed E-state index contributed by atoms with van der Waals surface area (Å²) in [6.07, 6.45) is 5.45. The van der Waals surface area contributed by atoms with Gasteiger partial charge in [-0.2, -0.15) is 0 Å². The molecule has 1 aromatic rings. The third-order valence-corrected chi connectivity index (χ3v) is 4.90. The van der Waals surface area contributed by atoms with E-state index in [1.165, 1.54) is 58.4 Å². The average molecular weight is 258 g/mol. The van der Waals surface area contributed by atoms with Crippen LogP contribution in [0.5, 0.6) is 0 Å². The van der Waals surface area contributed by atoms with Crippen LogP contribution in [0.4, 0.5) is 0 Å². The molecule has 104 valence electrons. The molecule has 0 spiro atoms. The summed E-state index contributed by atoms with van der Waals surface area (Å²) in [7, 11) is 2.25. The minimum Gasteiger partial charge on any atom is -0.306 e. The quantitative estimate of drug-likeness (QED) is 0.822. The summed E-state index contributed by atoms with van der Waals surface area (Å²) in [6.45, 7) is 6.32. The van der Waals surface area contributed by atoms with Crippen LogP contribution in [0, 0.1) is 5.92 Å². The summed E-state index contributed by atoms with van der Waals surface area (Å²) in [5.74, 6) is 0.966. The smallest absolute Gasteiger partial charge is 0.0236 e. The second-order valence-corrected chi connectivity index (χ2v) is 6.33. The van der Waals surface area contributed by atoms with E-state index in [2.05, 4.69) is 41.1 Å². The Hall–Kier alpha value is -0.860. The van der Waals surface area contributed by atoms with Gasteiger partial charge in [0.1, 0.15) is 0 Å². The van der Waals surface area contributed by atoms with Gasteiger partial charge in [0, 0.05) is 13.1 Å². The second-order valence-electron chi connectivity index (χ2n) is 6.33. The molecule has 1 saturated heterocycles. The number of likely N-dealkylation sites (tertiary alicyclic amines) is 1. The Labute approximate surface area is 117 Å². The van der Waals surface area contributed by atoms with Crippen molar-refractivity contribution in [2.75, 3.05) is 33.2 Å². The van der Waals surface area contributed by atoms with E-state index in [1.807, 2.05) is 0 Å². The Morgan fingerprint density at radius 3 is 2.58 bits per heavy atom. The van der Waals surface area contributed by atoms with E-state index < -0.39 is 0 Å². The summed E-state index contributed by atoms with van der Waals surface area (Å²) >= 11 is 0. The van der Waals surface area contributed by atoms with Crippen LogP contribution in [0.2, 0.25) is 0 Å². The van der Waals surface area contributed by atoms with Crippen molar-refractivity contribution < 1.29 is 0 Å². The summed E-state index contributed by atoms with van der Waals surface area (Å²) in [5, 5.41) is 0. The van der Waals surface area contributed by atoms with E-state index in [-0.39, 0.29) is 0 Å². The Morgan fingerprint density at radius 2 is 1.79 bits per heavy atom. The molecule has 0 N–H and O–H groups in total. The van der Waals surface area contributed by atoms with Crippen LogP contribution in [-0.4, -0.2) is 43.0 Å². The first-order valence-electron chi connectivity index (χ1n) is 7.79. The van der Waals surface area contributed by atoms with Crippen molar-refractivity contribution in [1.82, 2.24) is 9.80 Å². The lowest BCUT2D eigenvalue weighted by molar-refractivity contribution is 0.180. The van der Waals surface area contributed by atoms with Crippen molar-refractivity contribution in [2.45, 2.75) is 32.2 Å². The van der Waals surface area contributed by atoms with Gasteiger partial charge >= 0.3 is 0 Å². The third kappa shape index (κ3) is 3.37. The molecule has 2 heteroatoms. The first-order chi connectivity index (χ1) is 9.31. The van der Waals surface area contributed by atoms with E-state index in [0.29, 0.717) is 0 Å². The minimum atomic E-state index is 0.966. The van der Waals surface area contributed by atoms with Gasteiger partial charge in [-0.1, -0.05) is 24.3 Å². The van der Waals surface area contributed by atoms with Gasteiger partial charge in [0.05, 0.1) is 0 Å². The van der Waals surface area contributed by atoms with Gasteiger partial charge in [-0.15, -0.1) is 0 Å². The highest BCUT2D eigenvalue weighted by Crippen LogP contribution is 2.22. The van der Waals surface area contributed by atoms with E-state index in [9.17, 15) is 0 Å². The molecular formula is C17H26N2. The second kappa shape index (κ2) is 6.06. The number of piperidine rings is 1. The third-order valence-electron chi connectivity index (χ3n) is 4.90. The average Bonchev–Trinajstić information content (AvgIpc) is 2.46. The topological polar surface area (TPSA) is 6.48 Å². The maximum absolute atomic E-state index is 2.65. The lowest BCUT2D eigenvalue weighted by Crippen LogP contribution is -2.35. The van der Waals surface area contributed by atoms with Crippen molar-refractivity contribution in [3.63, 3.8) is 0 Å². The van der Waals surface area contributed by atoms with Crippen LogP contribution in [0.1, 0.15) is 30.4 Å². The fourth-order valence-corrected chi connectivity index (χ4v) is 3.46. The van der Waals surface area contributed by atoms with E-state index in [4.69, 9.17) is 0 Å². The molecule has 19 heavy (non-hydrogen) atoms. The largest absolute Gasteiger partial charge is 0.306 e. The molecule has 0 amide bonds. The van der Waals surface area contributed by atoms with Crippen molar-refractivity contribution in [2.24, 2.45) is 5.92 Å². The Kier molecular flexibility index (Phi) is 4.19. The zero-order valence-electron chi connectivity index (χ0n) is 12.1. The first kappa shape index (κ1) is 13.1. The van der Waals surface area contributed by atoms with E-state index in [1.54, 1.807) is 11.1 Å². The van der Waals surface area contributed by atoms with Crippen LogP contribution in [0.25, 0.3) is 0 Å². The maximum Gasteiger partial charge on any atom is 0.0236 e. The Bertz CT molecular complexity index is 407.